The van der Waals surface area contributed by atoms with Crippen molar-refractivity contribution in [2.45, 2.75) is 58.5 Å². The molecule has 0 saturated heterocycles. The van der Waals surface area contributed by atoms with Crippen LogP contribution in [-0.2, 0) is 6.54 Å². The number of halogens is 2. The lowest BCUT2D eigenvalue weighted by Gasteiger charge is -2.18. The number of hydrogen-bond donors (Lipinski definition) is 1. The molecule has 0 saturated carbocycles. The maximum Gasteiger partial charge on any atom is 0.147 e. The first-order valence-electron chi connectivity index (χ1n) is 7.37. The zero-order valence-corrected chi connectivity index (χ0v) is 15.8. The molecule has 0 aromatic heterocycles. The van der Waals surface area contributed by atoms with E-state index in [4.69, 9.17) is 4.74 Å². The van der Waals surface area contributed by atoms with Gasteiger partial charge in [-0.05, 0) is 62.4 Å². The molecule has 1 aromatic carbocycles. The van der Waals surface area contributed by atoms with Crippen molar-refractivity contribution in [3.05, 3.63) is 26.6 Å². The van der Waals surface area contributed by atoms with Gasteiger partial charge in [-0.2, -0.15) is 0 Å². The Balaban J connectivity index is 2.63. The van der Waals surface area contributed by atoms with Crippen LogP contribution in [0.4, 0.5) is 0 Å². The molecule has 1 N–H and O–H groups in total. The van der Waals surface area contributed by atoms with Crippen molar-refractivity contribution in [1.29, 1.82) is 0 Å². The number of benzene rings is 1. The van der Waals surface area contributed by atoms with E-state index >= 15 is 0 Å². The Kier molecular flexibility index (Phi) is 8.82. The third-order valence-electron chi connectivity index (χ3n) is 3.40. The summed E-state index contributed by atoms with van der Waals surface area (Å²) in [6.07, 6.45) is 6.31. The van der Waals surface area contributed by atoms with E-state index in [1.54, 1.807) is 7.11 Å². The van der Waals surface area contributed by atoms with E-state index in [1.165, 1.54) is 37.7 Å². The van der Waals surface area contributed by atoms with E-state index in [9.17, 15) is 0 Å². The van der Waals surface area contributed by atoms with E-state index in [-0.39, 0.29) is 0 Å². The molecule has 0 fully saturated rings. The lowest BCUT2D eigenvalue weighted by molar-refractivity contribution is 0.408. The molecular formula is C16H25Br2NO. The average molecular weight is 407 g/mol. The molecular weight excluding hydrogens is 382 g/mol. The number of ether oxygens (including phenoxy) is 1. The maximum atomic E-state index is 5.33. The standard InChI is InChI=1S/C16H25Br2NO/c1-4-6-8-13(7-5-2)19-11-12-9-14(17)16(20-3)15(18)10-12/h9-10,13,19H,4-8,11H2,1-3H3. The molecule has 0 heterocycles. The van der Waals surface area contributed by atoms with Gasteiger partial charge in [0.15, 0.2) is 0 Å². The van der Waals surface area contributed by atoms with Crippen LogP contribution in [0.1, 0.15) is 51.5 Å². The Bertz CT molecular complexity index is 386. The van der Waals surface area contributed by atoms with Gasteiger partial charge in [-0.1, -0.05) is 33.1 Å². The first-order chi connectivity index (χ1) is 9.62. The summed E-state index contributed by atoms with van der Waals surface area (Å²) in [5.41, 5.74) is 1.27. The highest BCUT2D eigenvalue weighted by molar-refractivity contribution is 9.11. The summed E-state index contributed by atoms with van der Waals surface area (Å²) in [6, 6.07) is 4.87. The minimum Gasteiger partial charge on any atom is -0.494 e. The van der Waals surface area contributed by atoms with Crippen molar-refractivity contribution >= 4 is 31.9 Å². The van der Waals surface area contributed by atoms with Gasteiger partial charge in [0.25, 0.3) is 0 Å². The van der Waals surface area contributed by atoms with Crippen LogP contribution in [0.3, 0.4) is 0 Å². The van der Waals surface area contributed by atoms with Crippen LogP contribution >= 0.6 is 31.9 Å². The van der Waals surface area contributed by atoms with Crippen LogP contribution in [0.2, 0.25) is 0 Å². The molecule has 0 radical (unpaired) electrons. The van der Waals surface area contributed by atoms with Crippen LogP contribution < -0.4 is 10.1 Å². The Morgan fingerprint density at radius 1 is 1.10 bits per heavy atom. The van der Waals surface area contributed by atoms with Crippen LogP contribution in [-0.4, -0.2) is 13.2 Å². The average Bonchev–Trinajstić information content (AvgIpc) is 2.41. The van der Waals surface area contributed by atoms with Gasteiger partial charge in [-0.3, -0.25) is 0 Å². The van der Waals surface area contributed by atoms with Gasteiger partial charge in [0.2, 0.25) is 0 Å². The predicted molar refractivity (Wildman–Crippen MR) is 93.5 cm³/mol. The molecule has 114 valence electrons. The molecule has 0 aliphatic carbocycles. The van der Waals surface area contributed by atoms with Gasteiger partial charge >= 0.3 is 0 Å². The van der Waals surface area contributed by atoms with Crippen molar-refractivity contribution in [1.82, 2.24) is 5.32 Å². The van der Waals surface area contributed by atoms with Crippen molar-refractivity contribution < 1.29 is 4.74 Å². The largest absolute Gasteiger partial charge is 0.494 e. The van der Waals surface area contributed by atoms with Crippen molar-refractivity contribution in [2.24, 2.45) is 0 Å². The molecule has 0 spiro atoms. The molecule has 0 aliphatic heterocycles. The first-order valence-corrected chi connectivity index (χ1v) is 8.96. The molecule has 1 unspecified atom stereocenters. The summed E-state index contributed by atoms with van der Waals surface area (Å²) in [5, 5.41) is 3.68. The third kappa shape index (κ3) is 5.74. The quantitative estimate of drug-likeness (QED) is 0.570. The summed E-state index contributed by atoms with van der Waals surface area (Å²) < 4.78 is 7.32. The number of methoxy groups -OCH3 is 1. The molecule has 1 rings (SSSR count). The number of rotatable bonds is 9. The number of unbranched alkanes of at least 4 members (excludes halogenated alkanes) is 1. The van der Waals surface area contributed by atoms with E-state index in [1.807, 2.05) is 0 Å². The van der Waals surface area contributed by atoms with Gasteiger partial charge in [0.05, 0.1) is 16.1 Å². The SMILES string of the molecule is CCCCC(CCC)NCc1cc(Br)c(OC)c(Br)c1. The summed E-state index contributed by atoms with van der Waals surface area (Å²) in [4.78, 5) is 0. The molecule has 4 heteroatoms. The zero-order chi connectivity index (χ0) is 15.0. The molecule has 0 amide bonds. The normalized spacial score (nSPS) is 12.4. The lowest BCUT2D eigenvalue weighted by atomic mass is 10.0. The van der Waals surface area contributed by atoms with Crippen LogP contribution in [0, 0.1) is 0 Å². The van der Waals surface area contributed by atoms with Gasteiger partial charge in [0.1, 0.15) is 5.75 Å². The third-order valence-corrected chi connectivity index (χ3v) is 4.58. The fourth-order valence-electron chi connectivity index (χ4n) is 2.32. The van der Waals surface area contributed by atoms with Crippen molar-refractivity contribution in [3.8, 4) is 5.75 Å². The lowest BCUT2D eigenvalue weighted by Crippen LogP contribution is -2.28. The maximum absolute atomic E-state index is 5.33. The number of hydrogen-bond acceptors (Lipinski definition) is 2. The highest BCUT2D eigenvalue weighted by Gasteiger charge is 2.10. The smallest absolute Gasteiger partial charge is 0.147 e. The first kappa shape index (κ1) is 18.0. The topological polar surface area (TPSA) is 21.3 Å². The molecule has 0 bridgehead atoms. The number of nitrogens with one attached hydrogen (secondary N) is 1. The molecule has 1 aromatic rings. The van der Waals surface area contributed by atoms with Gasteiger partial charge in [0, 0.05) is 12.6 Å². The molecule has 20 heavy (non-hydrogen) atoms. The minimum atomic E-state index is 0.625. The summed E-state index contributed by atoms with van der Waals surface area (Å²) in [7, 11) is 1.69. The highest BCUT2D eigenvalue weighted by atomic mass is 79.9. The zero-order valence-electron chi connectivity index (χ0n) is 12.6. The summed E-state index contributed by atoms with van der Waals surface area (Å²) in [6.45, 7) is 5.40. The monoisotopic (exact) mass is 405 g/mol. The van der Waals surface area contributed by atoms with Crippen LogP contribution in [0.25, 0.3) is 0 Å². The van der Waals surface area contributed by atoms with Gasteiger partial charge in [-0.15, -0.1) is 0 Å². The molecule has 1 atom stereocenters. The predicted octanol–water partition coefficient (Wildman–Crippen LogP) is 5.67. The minimum absolute atomic E-state index is 0.625. The molecule has 2 nitrogen and oxygen atoms in total. The fraction of sp³-hybridized carbons (Fsp3) is 0.625. The van der Waals surface area contributed by atoms with Crippen molar-refractivity contribution in [3.63, 3.8) is 0 Å². The Morgan fingerprint density at radius 2 is 1.75 bits per heavy atom. The highest BCUT2D eigenvalue weighted by Crippen LogP contribution is 2.34. The van der Waals surface area contributed by atoms with E-state index in [0.29, 0.717) is 6.04 Å². The Morgan fingerprint density at radius 3 is 2.25 bits per heavy atom. The second-order valence-electron chi connectivity index (χ2n) is 5.10. The van der Waals surface area contributed by atoms with E-state index < -0.39 is 0 Å². The summed E-state index contributed by atoms with van der Waals surface area (Å²) in [5.74, 6) is 0.852. The Labute approximate surface area is 139 Å². The Hall–Kier alpha value is -0.0600. The van der Waals surface area contributed by atoms with Crippen LogP contribution in [0.15, 0.2) is 21.1 Å². The second kappa shape index (κ2) is 9.80. The fourth-order valence-corrected chi connectivity index (χ4v) is 3.92. The van der Waals surface area contributed by atoms with Gasteiger partial charge < -0.3 is 10.1 Å². The second-order valence-corrected chi connectivity index (χ2v) is 6.81. The summed E-state index contributed by atoms with van der Waals surface area (Å²) >= 11 is 7.11. The molecule has 0 aliphatic rings. The van der Waals surface area contributed by atoms with E-state index in [0.717, 1.165) is 21.2 Å². The van der Waals surface area contributed by atoms with Crippen molar-refractivity contribution in [2.75, 3.05) is 7.11 Å². The van der Waals surface area contributed by atoms with Gasteiger partial charge in [-0.25, -0.2) is 0 Å². The van der Waals surface area contributed by atoms with E-state index in [2.05, 4.69) is 63.2 Å². The van der Waals surface area contributed by atoms with Crippen LogP contribution in [0.5, 0.6) is 5.75 Å².